The zero-order valence-corrected chi connectivity index (χ0v) is 9.38. The lowest BCUT2D eigenvalue weighted by atomic mass is 10.1. The van der Waals surface area contributed by atoms with E-state index in [4.69, 9.17) is 4.42 Å². The lowest BCUT2D eigenvalue weighted by Crippen LogP contribution is -2.20. The normalized spacial score (nSPS) is 16.6. The molecule has 3 rings (SSSR count). The van der Waals surface area contributed by atoms with Gasteiger partial charge >= 0.3 is 0 Å². The first-order chi connectivity index (χ1) is 8.27. The van der Waals surface area contributed by atoms with Crippen LogP contribution in [-0.4, -0.2) is 13.0 Å². The number of benzene rings is 1. The number of hydrogen-bond donors (Lipinski definition) is 0. The standard InChI is InChI=1S/C14H11NO2/c1-15-13-7-3-2-6-11(13)12(14(15)16)9-10-5-4-8-17-10/h2-9H,1H3. The first kappa shape index (κ1) is 9.90. The molecule has 3 heteroatoms. The average molecular weight is 225 g/mol. The van der Waals surface area contributed by atoms with Crippen LogP contribution < -0.4 is 4.90 Å². The second-order valence-corrected chi connectivity index (χ2v) is 3.95. The van der Waals surface area contributed by atoms with Gasteiger partial charge in [-0.15, -0.1) is 0 Å². The minimum atomic E-state index is 0.00241. The molecule has 0 atom stereocenters. The first-order valence-corrected chi connectivity index (χ1v) is 5.40. The van der Waals surface area contributed by atoms with E-state index in [1.165, 1.54) is 0 Å². The Balaban J connectivity index is 2.16. The third-order valence-corrected chi connectivity index (χ3v) is 2.92. The van der Waals surface area contributed by atoms with Crippen LogP contribution in [0.2, 0.25) is 0 Å². The van der Waals surface area contributed by atoms with E-state index < -0.39 is 0 Å². The topological polar surface area (TPSA) is 33.5 Å². The van der Waals surface area contributed by atoms with E-state index in [9.17, 15) is 4.79 Å². The van der Waals surface area contributed by atoms with Crippen LogP contribution in [0.1, 0.15) is 11.3 Å². The van der Waals surface area contributed by atoms with Gasteiger partial charge in [0, 0.05) is 12.6 Å². The largest absolute Gasteiger partial charge is 0.465 e. The Labute approximate surface area is 99.0 Å². The van der Waals surface area contributed by atoms with Crippen molar-refractivity contribution in [2.75, 3.05) is 11.9 Å². The number of amides is 1. The zero-order valence-electron chi connectivity index (χ0n) is 9.38. The molecule has 17 heavy (non-hydrogen) atoms. The third kappa shape index (κ3) is 1.47. The highest BCUT2D eigenvalue weighted by Gasteiger charge is 2.29. The van der Waals surface area contributed by atoms with Gasteiger partial charge in [-0.05, 0) is 24.3 Å². The summed E-state index contributed by atoms with van der Waals surface area (Å²) in [6, 6.07) is 11.4. The van der Waals surface area contributed by atoms with Crippen LogP contribution in [0.4, 0.5) is 5.69 Å². The summed E-state index contributed by atoms with van der Waals surface area (Å²) in [5, 5.41) is 0. The van der Waals surface area contributed by atoms with E-state index in [0.717, 1.165) is 11.3 Å². The maximum Gasteiger partial charge on any atom is 0.258 e. The molecule has 0 bridgehead atoms. The highest BCUT2D eigenvalue weighted by molar-refractivity contribution is 6.35. The molecule has 0 aliphatic carbocycles. The lowest BCUT2D eigenvalue weighted by Gasteiger charge is -2.07. The second kappa shape index (κ2) is 3.63. The van der Waals surface area contributed by atoms with Crippen LogP contribution in [0.15, 0.2) is 47.1 Å². The van der Waals surface area contributed by atoms with E-state index in [1.807, 2.05) is 30.3 Å². The molecule has 0 fully saturated rings. The fraction of sp³-hybridized carbons (Fsp3) is 0.0714. The summed E-state index contributed by atoms with van der Waals surface area (Å²) in [5.41, 5.74) is 2.57. The molecule has 0 N–H and O–H groups in total. The molecule has 0 spiro atoms. The van der Waals surface area contributed by atoms with Gasteiger partial charge in [0.25, 0.3) is 5.91 Å². The van der Waals surface area contributed by atoms with Gasteiger partial charge in [0.2, 0.25) is 0 Å². The van der Waals surface area contributed by atoms with Gasteiger partial charge in [-0.25, -0.2) is 0 Å². The summed E-state index contributed by atoms with van der Waals surface area (Å²) in [4.78, 5) is 13.8. The summed E-state index contributed by atoms with van der Waals surface area (Å²) in [5.74, 6) is 0.695. The molecule has 1 aliphatic heterocycles. The first-order valence-electron chi connectivity index (χ1n) is 5.40. The van der Waals surface area contributed by atoms with Crippen molar-refractivity contribution in [2.45, 2.75) is 0 Å². The van der Waals surface area contributed by atoms with Crippen LogP contribution in [0, 0.1) is 0 Å². The quantitative estimate of drug-likeness (QED) is 0.699. The number of hydrogen-bond acceptors (Lipinski definition) is 2. The molecule has 84 valence electrons. The van der Waals surface area contributed by atoms with E-state index in [2.05, 4.69) is 0 Å². The van der Waals surface area contributed by atoms with E-state index in [1.54, 1.807) is 30.4 Å². The molecule has 0 radical (unpaired) electrons. The van der Waals surface area contributed by atoms with Crippen LogP contribution in [0.3, 0.4) is 0 Å². The monoisotopic (exact) mass is 225 g/mol. The molecule has 2 heterocycles. The van der Waals surface area contributed by atoms with Crippen molar-refractivity contribution in [3.63, 3.8) is 0 Å². The van der Waals surface area contributed by atoms with Crippen LogP contribution in [0.5, 0.6) is 0 Å². The van der Waals surface area contributed by atoms with E-state index in [0.29, 0.717) is 11.3 Å². The highest BCUT2D eigenvalue weighted by atomic mass is 16.3. The van der Waals surface area contributed by atoms with Crippen molar-refractivity contribution in [3.05, 3.63) is 54.0 Å². The molecule has 0 saturated carbocycles. The number of carbonyl (C=O) groups is 1. The van der Waals surface area contributed by atoms with Gasteiger partial charge in [-0.1, -0.05) is 18.2 Å². The van der Waals surface area contributed by atoms with Crippen molar-refractivity contribution in [3.8, 4) is 0 Å². The predicted molar refractivity (Wildman–Crippen MR) is 66.4 cm³/mol. The van der Waals surface area contributed by atoms with Gasteiger partial charge in [0.15, 0.2) is 0 Å². The van der Waals surface area contributed by atoms with Crippen molar-refractivity contribution < 1.29 is 9.21 Å². The minimum Gasteiger partial charge on any atom is -0.465 e. The Hall–Kier alpha value is -2.29. The van der Waals surface area contributed by atoms with Crippen molar-refractivity contribution in [1.82, 2.24) is 0 Å². The zero-order chi connectivity index (χ0) is 11.8. The summed E-state index contributed by atoms with van der Waals surface area (Å²) in [6.07, 6.45) is 3.38. The molecule has 0 unspecified atom stereocenters. The number of furan rings is 1. The Morgan fingerprint density at radius 3 is 2.76 bits per heavy atom. The maximum absolute atomic E-state index is 12.1. The Kier molecular flexibility index (Phi) is 2.11. The summed E-state index contributed by atoms with van der Waals surface area (Å²) >= 11 is 0. The molecular weight excluding hydrogens is 214 g/mol. The van der Waals surface area contributed by atoms with Gasteiger partial charge in [-0.2, -0.15) is 0 Å². The Morgan fingerprint density at radius 1 is 1.18 bits per heavy atom. The van der Waals surface area contributed by atoms with Gasteiger partial charge < -0.3 is 9.32 Å². The number of fused-ring (bicyclic) bond motifs is 1. The van der Waals surface area contributed by atoms with Crippen molar-refractivity contribution in [2.24, 2.45) is 0 Å². The van der Waals surface area contributed by atoms with Crippen LogP contribution in [-0.2, 0) is 4.79 Å². The van der Waals surface area contributed by atoms with Gasteiger partial charge in [0.05, 0.1) is 17.5 Å². The van der Waals surface area contributed by atoms with Crippen molar-refractivity contribution in [1.29, 1.82) is 0 Å². The number of rotatable bonds is 1. The van der Waals surface area contributed by atoms with Gasteiger partial charge in [-0.3, -0.25) is 4.79 Å². The minimum absolute atomic E-state index is 0.00241. The number of anilines is 1. The summed E-state index contributed by atoms with van der Waals surface area (Å²) in [6.45, 7) is 0. The number of likely N-dealkylation sites (N-methyl/N-ethyl adjacent to an activating group) is 1. The van der Waals surface area contributed by atoms with E-state index in [-0.39, 0.29) is 5.91 Å². The summed E-state index contributed by atoms with van der Waals surface area (Å²) in [7, 11) is 1.78. The maximum atomic E-state index is 12.1. The lowest BCUT2D eigenvalue weighted by molar-refractivity contribution is -0.112. The second-order valence-electron chi connectivity index (χ2n) is 3.95. The molecule has 0 saturated heterocycles. The number of nitrogens with zero attached hydrogens (tertiary/aromatic N) is 1. The number of carbonyl (C=O) groups excluding carboxylic acids is 1. The van der Waals surface area contributed by atoms with Crippen LogP contribution in [0.25, 0.3) is 11.6 Å². The van der Waals surface area contributed by atoms with Crippen LogP contribution >= 0.6 is 0 Å². The third-order valence-electron chi connectivity index (χ3n) is 2.92. The molecular formula is C14H11NO2. The smallest absolute Gasteiger partial charge is 0.258 e. The highest BCUT2D eigenvalue weighted by Crippen LogP contribution is 2.36. The van der Waals surface area contributed by atoms with Gasteiger partial charge in [0.1, 0.15) is 5.76 Å². The Bertz CT molecular complexity index is 596. The Morgan fingerprint density at radius 2 is 2.00 bits per heavy atom. The SMILES string of the molecule is CN1C(=O)C(=Cc2ccco2)c2ccccc21. The predicted octanol–water partition coefficient (Wildman–Crippen LogP) is 2.80. The molecule has 1 amide bonds. The van der Waals surface area contributed by atoms with Crippen molar-refractivity contribution >= 4 is 23.2 Å². The number of para-hydroxylation sites is 1. The average Bonchev–Trinajstić information content (AvgIpc) is 2.94. The summed E-state index contributed by atoms with van der Waals surface area (Å²) < 4.78 is 5.25. The fourth-order valence-corrected chi connectivity index (χ4v) is 2.05. The molecule has 1 aliphatic rings. The molecule has 1 aromatic carbocycles. The fourth-order valence-electron chi connectivity index (χ4n) is 2.05. The molecule has 3 nitrogen and oxygen atoms in total. The van der Waals surface area contributed by atoms with E-state index >= 15 is 0 Å². The molecule has 1 aromatic heterocycles. The molecule has 2 aromatic rings.